The average Bonchev–Trinajstić information content (AvgIpc) is 2.36. The highest BCUT2D eigenvalue weighted by molar-refractivity contribution is 6.28. The Bertz CT molecular complexity index is 525. The molecule has 1 aromatic heterocycles. The van der Waals surface area contributed by atoms with E-state index < -0.39 is 16.6 Å². The van der Waals surface area contributed by atoms with Gasteiger partial charge in [0, 0.05) is 13.1 Å². The van der Waals surface area contributed by atoms with E-state index in [1.807, 2.05) is 13.8 Å². The van der Waals surface area contributed by atoms with Gasteiger partial charge in [-0.05, 0) is 25.4 Å². The number of rotatable bonds is 3. The molecule has 0 saturated carbocycles. The Kier molecular flexibility index (Phi) is 4.07. The van der Waals surface area contributed by atoms with Crippen LogP contribution >= 0.6 is 11.6 Å². The van der Waals surface area contributed by atoms with Crippen molar-refractivity contribution in [2.45, 2.75) is 25.6 Å². The highest BCUT2D eigenvalue weighted by atomic mass is 35.5. The topological polar surface area (TPSA) is 102 Å². The first-order valence-electron chi connectivity index (χ1n) is 6.03. The lowest BCUT2D eigenvalue weighted by molar-refractivity contribution is -0.384. The fraction of sp³-hybridized carbons (Fsp3) is 0.636. The van der Waals surface area contributed by atoms with E-state index in [9.17, 15) is 15.2 Å². The van der Waals surface area contributed by atoms with Gasteiger partial charge in [0.1, 0.15) is 6.20 Å². The fourth-order valence-corrected chi connectivity index (χ4v) is 2.39. The molecule has 2 rings (SSSR count). The van der Waals surface area contributed by atoms with Gasteiger partial charge in [-0.3, -0.25) is 10.1 Å². The van der Waals surface area contributed by atoms with Crippen LogP contribution in [0.3, 0.4) is 0 Å². The molecule has 1 fully saturated rings. The van der Waals surface area contributed by atoms with Crippen LogP contribution in [0.25, 0.3) is 0 Å². The minimum absolute atomic E-state index is 0.0598. The summed E-state index contributed by atoms with van der Waals surface area (Å²) in [7, 11) is 0. The van der Waals surface area contributed by atoms with Gasteiger partial charge in [0.05, 0.1) is 23.2 Å². The number of hydrogen-bond acceptors (Lipinski definition) is 7. The van der Waals surface area contributed by atoms with Gasteiger partial charge in [0.15, 0.2) is 0 Å². The van der Waals surface area contributed by atoms with Crippen molar-refractivity contribution in [1.29, 1.82) is 0 Å². The molecule has 0 radical (unpaired) electrons. The van der Waals surface area contributed by atoms with Gasteiger partial charge in [0.2, 0.25) is 11.1 Å². The second-order valence-corrected chi connectivity index (χ2v) is 5.51. The number of nitro groups is 1. The molecule has 1 saturated heterocycles. The standard InChI is InChI=1S/C11H15ClN4O4/c1-11(2)6-15(4-7(5-17)20-11)9-8(16(18)19)3-13-10(12)14-9/h3,7,17H,4-6H2,1-2H3. The summed E-state index contributed by atoms with van der Waals surface area (Å²) in [4.78, 5) is 19.8. The number of nitrogens with zero attached hydrogens (tertiary/aromatic N) is 4. The molecule has 0 aromatic carbocycles. The van der Waals surface area contributed by atoms with E-state index in [0.29, 0.717) is 13.1 Å². The zero-order valence-electron chi connectivity index (χ0n) is 11.1. The summed E-state index contributed by atoms with van der Waals surface area (Å²) in [5, 5.41) is 20.3. The highest BCUT2D eigenvalue weighted by Crippen LogP contribution is 2.31. The molecule has 0 aliphatic carbocycles. The van der Waals surface area contributed by atoms with Gasteiger partial charge in [-0.2, -0.15) is 4.98 Å². The first-order chi connectivity index (χ1) is 9.32. The predicted octanol–water partition coefficient (Wildman–Crippen LogP) is 1.01. The molecule has 0 amide bonds. The van der Waals surface area contributed by atoms with Crippen molar-refractivity contribution in [2.75, 3.05) is 24.6 Å². The predicted molar refractivity (Wildman–Crippen MR) is 71.9 cm³/mol. The lowest BCUT2D eigenvalue weighted by Gasteiger charge is -2.42. The SMILES string of the molecule is CC1(C)CN(c2nc(Cl)ncc2[N+](=O)[O-])CC(CO)O1. The number of hydrogen-bond donors (Lipinski definition) is 1. The van der Waals surface area contributed by atoms with Gasteiger partial charge in [-0.1, -0.05) is 0 Å². The van der Waals surface area contributed by atoms with Crippen LogP contribution in [0.4, 0.5) is 11.5 Å². The third-order valence-corrected chi connectivity index (χ3v) is 3.08. The van der Waals surface area contributed by atoms with Gasteiger partial charge < -0.3 is 14.7 Å². The Labute approximate surface area is 120 Å². The molecule has 9 heteroatoms. The van der Waals surface area contributed by atoms with Crippen molar-refractivity contribution in [2.24, 2.45) is 0 Å². The normalized spacial score (nSPS) is 21.8. The molecule has 20 heavy (non-hydrogen) atoms. The smallest absolute Gasteiger partial charge is 0.329 e. The Balaban J connectivity index is 2.39. The lowest BCUT2D eigenvalue weighted by atomic mass is 10.1. The van der Waals surface area contributed by atoms with E-state index in [0.717, 1.165) is 6.20 Å². The molecule has 2 heterocycles. The molecule has 0 spiro atoms. The number of aliphatic hydroxyl groups is 1. The van der Waals surface area contributed by atoms with Crippen LogP contribution in [0, 0.1) is 10.1 Å². The zero-order chi connectivity index (χ0) is 14.9. The van der Waals surface area contributed by atoms with Crippen molar-refractivity contribution in [1.82, 2.24) is 9.97 Å². The number of aliphatic hydroxyl groups excluding tert-OH is 1. The van der Waals surface area contributed by atoms with Gasteiger partial charge in [-0.15, -0.1) is 0 Å². The van der Waals surface area contributed by atoms with Crippen molar-refractivity contribution in [3.05, 3.63) is 21.6 Å². The van der Waals surface area contributed by atoms with Crippen molar-refractivity contribution < 1.29 is 14.8 Å². The van der Waals surface area contributed by atoms with Crippen LogP contribution in [0.2, 0.25) is 5.28 Å². The summed E-state index contributed by atoms with van der Waals surface area (Å²) < 4.78 is 5.67. The Morgan fingerprint density at radius 2 is 2.40 bits per heavy atom. The van der Waals surface area contributed by atoms with Gasteiger partial charge >= 0.3 is 5.69 Å². The molecule has 8 nitrogen and oxygen atoms in total. The summed E-state index contributed by atoms with van der Waals surface area (Å²) in [5.74, 6) is 0.143. The second kappa shape index (κ2) is 5.47. The van der Waals surface area contributed by atoms with E-state index in [2.05, 4.69) is 9.97 Å². The molecular weight excluding hydrogens is 288 g/mol. The maximum absolute atomic E-state index is 11.1. The summed E-state index contributed by atoms with van der Waals surface area (Å²) >= 11 is 5.73. The first kappa shape index (κ1) is 14.9. The van der Waals surface area contributed by atoms with Crippen LogP contribution in [0.5, 0.6) is 0 Å². The zero-order valence-corrected chi connectivity index (χ0v) is 11.9. The van der Waals surface area contributed by atoms with Crippen LogP contribution in [-0.4, -0.2) is 51.4 Å². The number of ether oxygens (including phenoxy) is 1. The number of anilines is 1. The minimum atomic E-state index is -0.559. The van der Waals surface area contributed by atoms with Crippen LogP contribution in [-0.2, 0) is 4.74 Å². The van der Waals surface area contributed by atoms with Crippen LogP contribution in [0.15, 0.2) is 6.20 Å². The maximum atomic E-state index is 11.1. The number of morpholine rings is 1. The van der Waals surface area contributed by atoms with E-state index in [-0.39, 0.29) is 23.4 Å². The molecular formula is C11H15ClN4O4. The van der Waals surface area contributed by atoms with Crippen LogP contribution in [0.1, 0.15) is 13.8 Å². The van der Waals surface area contributed by atoms with E-state index in [4.69, 9.17) is 16.3 Å². The monoisotopic (exact) mass is 302 g/mol. The fourth-order valence-electron chi connectivity index (χ4n) is 2.26. The maximum Gasteiger partial charge on any atom is 0.329 e. The Hall–Kier alpha value is -1.51. The first-order valence-corrected chi connectivity index (χ1v) is 6.41. The van der Waals surface area contributed by atoms with Crippen molar-refractivity contribution in [3.8, 4) is 0 Å². The molecule has 1 aliphatic heterocycles. The highest BCUT2D eigenvalue weighted by Gasteiger charge is 2.36. The molecule has 1 aliphatic rings. The molecule has 1 aromatic rings. The summed E-state index contributed by atoms with van der Waals surface area (Å²) in [6.07, 6.45) is 0.647. The Morgan fingerprint density at radius 1 is 1.70 bits per heavy atom. The molecule has 0 bridgehead atoms. The quantitative estimate of drug-likeness (QED) is 0.505. The molecule has 1 N–H and O–H groups in total. The minimum Gasteiger partial charge on any atom is -0.394 e. The third-order valence-electron chi connectivity index (χ3n) is 2.90. The third kappa shape index (κ3) is 3.14. The van der Waals surface area contributed by atoms with Crippen molar-refractivity contribution >= 4 is 23.1 Å². The summed E-state index contributed by atoms with van der Waals surface area (Å²) in [6, 6.07) is 0. The summed E-state index contributed by atoms with van der Waals surface area (Å²) in [6.45, 7) is 4.21. The number of halogens is 1. The second-order valence-electron chi connectivity index (χ2n) is 5.17. The van der Waals surface area contributed by atoms with Gasteiger partial charge in [-0.25, -0.2) is 4.98 Å². The molecule has 1 atom stereocenters. The van der Waals surface area contributed by atoms with E-state index >= 15 is 0 Å². The molecule has 110 valence electrons. The average molecular weight is 303 g/mol. The summed E-state index contributed by atoms with van der Waals surface area (Å²) in [5.41, 5.74) is -0.777. The van der Waals surface area contributed by atoms with Crippen molar-refractivity contribution in [3.63, 3.8) is 0 Å². The van der Waals surface area contributed by atoms with E-state index in [1.165, 1.54) is 0 Å². The number of aromatic nitrogens is 2. The molecule has 1 unspecified atom stereocenters. The largest absolute Gasteiger partial charge is 0.394 e. The van der Waals surface area contributed by atoms with Crippen LogP contribution < -0.4 is 4.90 Å². The Morgan fingerprint density at radius 3 is 3.00 bits per heavy atom. The lowest BCUT2D eigenvalue weighted by Crippen LogP contribution is -2.54. The van der Waals surface area contributed by atoms with Gasteiger partial charge in [0.25, 0.3) is 0 Å². The van der Waals surface area contributed by atoms with E-state index in [1.54, 1.807) is 4.90 Å².